The Labute approximate surface area is 113 Å². The standard InChI is InChI=1S/C15H19N3O/c1-11-8-12(2)14-16-13(10-18(14)9-11)15(19)17-6-4-3-5-7-17/h8-10H,3-7H2,1-2H3. The maximum atomic E-state index is 12.4. The van der Waals surface area contributed by atoms with Gasteiger partial charge in [-0.3, -0.25) is 4.79 Å². The van der Waals surface area contributed by atoms with Gasteiger partial charge in [0, 0.05) is 25.5 Å². The van der Waals surface area contributed by atoms with E-state index in [2.05, 4.69) is 18.0 Å². The van der Waals surface area contributed by atoms with Crippen molar-refractivity contribution < 1.29 is 4.79 Å². The fraction of sp³-hybridized carbons (Fsp3) is 0.467. The largest absolute Gasteiger partial charge is 0.337 e. The lowest BCUT2D eigenvalue weighted by atomic mass is 10.1. The van der Waals surface area contributed by atoms with E-state index in [0.717, 1.165) is 37.1 Å². The van der Waals surface area contributed by atoms with E-state index < -0.39 is 0 Å². The molecule has 0 atom stereocenters. The third kappa shape index (κ3) is 2.23. The van der Waals surface area contributed by atoms with Crippen LogP contribution >= 0.6 is 0 Å². The highest BCUT2D eigenvalue weighted by Gasteiger charge is 2.20. The maximum absolute atomic E-state index is 12.4. The van der Waals surface area contributed by atoms with Gasteiger partial charge in [-0.2, -0.15) is 0 Å². The molecule has 1 amide bonds. The lowest BCUT2D eigenvalue weighted by Gasteiger charge is -2.25. The highest BCUT2D eigenvalue weighted by atomic mass is 16.2. The second-order valence-electron chi connectivity index (χ2n) is 5.41. The van der Waals surface area contributed by atoms with Crippen molar-refractivity contribution in [1.82, 2.24) is 14.3 Å². The number of hydrogen-bond donors (Lipinski definition) is 0. The summed E-state index contributed by atoms with van der Waals surface area (Å²) in [5, 5.41) is 0. The van der Waals surface area contributed by atoms with Gasteiger partial charge in [0.1, 0.15) is 11.3 Å². The number of pyridine rings is 1. The van der Waals surface area contributed by atoms with Gasteiger partial charge >= 0.3 is 0 Å². The van der Waals surface area contributed by atoms with Gasteiger partial charge in [-0.1, -0.05) is 6.07 Å². The summed E-state index contributed by atoms with van der Waals surface area (Å²) < 4.78 is 1.96. The van der Waals surface area contributed by atoms with Gasteiger partial charge in [0.05, 0.1) is 0 Å². The minimum Gasteiger partial charge on any atom is -0.337 e. The minimum atomic E-state index is 0.0699. The number of rotatable bonds is 1. The predicted molar refractivity (Wildman–Crippen MR) is 74.4 cm³/mol. The number of fused-ring (bicyclic) bond motifs is 1. The van der Waals surface area contributed by atoms with Crippen molar-refractivity contribution in [3.05, 3.63) is 35.3 Å². The molecule has 0 N–H and O–H groups in total. The number of nitrogens with zero attached hydrogens (tertiary/aromatic N) is 3. The molecule has 4 heteroatoms. The number of imidazole rings is 1. The first-order chi connectivity index (χ1) is 9.15. The first kappa shape index (κ1) is 12.2. The summed E-state index contributed by atoms with van der Waals surface area (Å²) in [5.74, 6) is 0.0699. The molecule has 4 nitrogen and oxygen atoms in total. The molecule has 0 spiro atoms. The fourth-order valence-electron chi connectivity index (χ4n) is 2.81. The average Bonchev–Trinajstić information content (AvgIpc) is 2.83. The van der Waals surface area contributed by atoms with Crippen LogP contribution in [-0.4, -0.2) is 33.3 Å². The van der Waals surface area contributed by atoms with E-state index in [4.69, 9.17) is 0 Å². The lowest BCUT2D eigenvalue weighted by molar-refractivity contribution is 0.0719. The summed E-state index contributed by atoms with van der Waals surface area (Å²) in [6.07, 6.45) is 7.32. The summed E-state index contributed by atoms with van der Waals surface area (Å²) in [6.45, 7) is 5.82. The quantitative estimate of drug-likeness (QED) is 0.787. The van der Waals surface area contributed by atoms with Gasteiger partial charge in [0.25, 0.3) is 5.91 Å². The van der Waals surface area contributed by atoms with Crippen LogP contribution in [0.15, 0.2) is 18.5 Å². The van der Waals surface area contributed by atoms with Crippen molar-refractivity contribution >= 4 is 11.6 Å². The van der Waals surface area contributed by atoms with Crippen LogP contribution in [0.5, 0.6) is 0 Å². The molecule has 1 aliphatic heterocycles. The Kier molecular flexibility index (Phi) is 3.01. The van der Waals surface area contributed by atoms with Crippen molar-refractivity contribution in [2.45, 2.75) is 33.1 Å². The van der Waals surface area contributed by atoms with Gasteiger partial charge in [-0.15, -0.1) is 0 Å². The number of aromatic nitrogens is 2. The van der Waals surface area contributed by atoms with E-state index in [1.165, 1.54) is 12.0 Å². The van der Waals surface area contributed by atoms with Crippen LogP contribution < -0.4 is 0 Å². The van der Waals surface area contributed by atoms with Crippen LogP contribution in [0.25, 0.3) is 5.65 Å². The van der Waals surface area contributed by atoms with E-state index in [1.807, 2.05) is 28.6 Å². The molecule has 0 aliphatic carbocycles. The number of hydrogen-bond acceptors (Lipinski definition) is 2. The van der Waals surface area contributed by atoms with Gasteiger partial charge < -0.3 is 9.30 Å². The van der Waals surface area contributed by atoms with Crippen LogP contribution in [0, 0.1) is 13.8 Å². The molecule has 3 rings (SSSR count). The minimum absolute atomic E-state index is 0.0699. The van der Waals surface area contributed by atoms with Crippen LogP contribution in [0.1, 0.15) is 40.9 Å². The second-order valence-corrected chi connectivity index (χ2v) is 5.41. The summed E-state index contributed by atoms with van der Waals surface area (Å²) in [4.78, 5) is 18.8. The first-order valence-electron chi connectivity index (χ1n) is 6.90. The Bertz CT molecular complexity index is 624. The third-order valence-electron chi connectivity index (χ3n) is 3.73. The zero-order chi connectivity index (χ0) is 13.4. The van der Waals surface area contributed by atoms with Crippen molar-refractivity contribution in [2.75, 3.05) is 13.1 Å². The Hall–Kier alpha value is -1.84. The summed E-state index contributed by atoms with van der Waals surface area (Å²) in [5.41, 5.74) is 3.73. The summed E-state index contributed by atoms with van der Waals surface area (Å²) in [6, 6.07) is 2.09. The second kappa shape index (κ2) is 4.68. The van der Waals surface area contributed by atoms with Crippen LogP contribution in [0.4, 0.5) is 0 Å². The molecule has 19 heavy (non-hydrogen) atoms. The maximum Gasteiger partial charge on any atom is 0.274 e. The molecule has 100 valence electrons. The summed E-state index contributed by atoms with van der Waals surface area (Å²) in [7, 11) is 0. The van der Waals surface area contributed by atoms with Gasteiger partial charge in [-0.25, -0.2) is 4.98 Å². The van der Waals surface area contributed by atoms with Gasteiger partial charge in [0.15, 0.2) is 0 Å². The smallest absolute Gasteiger partial charge is 0.274 e. The first-order valence-corrected chi connectivity index (χ1v) is 6.90. The number of aryl methyl sites for hydroxylation is 2. The van der Waals surface area contributed by atoms with E-state index in [1.54, 1.807) is 0 Å². The normalized spacial score (nSPS) is 16.0. The van der Waals surface area contributed by atoms with Crippen molar-refractivity contribution in [3.63, 3.8) is 0 Å². The van der Waals surface area contributed by atoms with Crippen LogP contribution in [-0.2, 0) is 0 Å². The molecule has 1 saturated heterocycles. The molecule has 0 aromatic carbocycles. The SMILES string of the molecule is Cc1cc(C)c2nc(C(=O)N3CCCCC3)cn2c1. The highest BCUT2D eigenvalue weighted by Crippen LogP contribution is 2.16. The van der Waals surface area contributed by atoms with Crippen molar-refractivity contribution in [3.8, 4) is 0 Å². The van der Waals surface area contributed by atoms with E-state index in [9.17, 15) is 4.79 Å². The fourth-order valence-corrected chi connectivity index (χ4v) is 2.81. The molecule has 2 aromatic rings. The molecule has 0 saturated carbocycles. The Morgan fingerprint density at radius 2 is 1.89 bits per heavy atom. The number of likely N-dealkylation sites (tertiary alicyclic amines) is 1. The van der Waals surface area contributed by atoms with E-state index in [0.29, 0.717) is 5.69 Å². The number of carbonyl (C=O) groups excluding carboxylic acids is 1. The zero-order valence-corrected chi connectivity index (χ0v) is 11.5. The van der Waals surface area contributed by atoms with Crippen molar-refractivity contribution in [2.24, 2.45) is 0 Å². The molecule has 0 radical (unpaired) electrons. The summed E-state index contributed by atoms with van der Waals surface area (Å²) >= 11 is 0. The van der Waals surface area contributed by atoms with Gasteiger partial charge in [-0.05, 0) is 44.2 Å². The molecule has 0 bridgehead atoms. The number of amides is 1. The average molecular weight is 257 g/mol. The number of piperidine rings is 1. The van der Waals surface area contributed by atoms with Crippen LogP contribution in [0.2, 0.25) is 0 Å². The van der Waals surface area contributed by atoms with E-state index in [-0.39, 0.29) is 5.91 Å². The molecule has 1 aliphatic rings. The monoisotopic (exact) mass is 257 g/mol. The molecular formula is C15H19N3O. The Morgan fingerprint density at radius 3 is 2.63 bits per heavy atom. The lowest BCUT2D eigenvalue weighted by Crippen LogP contribution is -2.35. The topological polar surface area (TPSA) is 37.6 Å². The van der Waals surface area contributed by atoms with Crippen molar-refractivity contribution in [1.29, 1.82) is 0 Å². The Morgan fingerprint density at radius 1 is 1.16 bits per heavy atom. The van der Waals surface area contributed by atoms with Crippen LogP contribution in [0.3, 0.4) is 0 Å². The molecule has 2 aromatic heterocycles. The highest BCUT2D eigenvalue weighted by molar-refractivity contribution is 5.93. The number of carbonyl (C=O) groups is 1. The predicted octanol–water partition coefficient (Wildman–Crippen LogP) is 2.58. The zero-order valence-electron chi connectivity index (χ0n) is 11.5. The molecule has 1 fully saturated rings. The molecule has 3 heterocycles. The molecule has 0 unspecified atom stereocenters. The molecular weight excluding hydrogens is 238 g/mol. The Balaban J connectivity index is 1.96. The van der Waals surface area contributed by atoms with E-state index >= 15 is 0 Å². The third-order valence-corrected chi connectivity index (χ3v) is 3.73. The van der Waals surface area contributed by atoms with Gasteiger partial charge in [0.2, 0.25) is 0 Å².